The zero-order valence-electron chi connectivity index (χ0n) is 10.8. The van der Waals surface area contributed by atoms with Crippen LogP contribution in [0.2, 0.25) is 0 Å². The minimum atomic E-state index is 0. The van der Waals surface area contributed by atoms with Crippen molar-refractivity contribution in [3.8, 4) is 0 Å². The minimum absolute atomic E-state index is 0. The lowest BCUT2D eigenvalue weighted by molar-refractivity contribution is 0.201. The van der Waals surface area contributed by atoms with Crippen LogP contribution in [0, 0.1) is 13.8 Å². The van der Waals surface area contributed by atoms with Gasteiger partial charge < -0.3 is 5.73 Å². The molecule has 0 aliphatic carbocycles. The predicted octanol–water partition coefficient (Wildman–Crippen LogP) is 2.65. The molecule has 0 aromatic heterocycles. The van der Waals surface area contributed by atoms with Crippen molar-refractivity contribution in [1.82, 2.24) is 4.90 Å². The van der Waals surface area contributed by atoms with Gasteiger partial charge in [0, 0.05) is 19.1 Å². The molecule has 1 aromatic rings. The molecule has 2 nitrogen and oxygen atoms in total. The summed E-state index contributed by atoms with van der Waals surface area (Å²) in [7, 11) is 0. The zero-order chi connectivity index (χ0) is 11.5. The molecule has 1 fully saturated rings. The van der Waals surface area contributed by atoms with Crippen LogP contribution in [0.4, 0.5) is 0 Å². The number of piperidine rings is 1. The summed E-state index contributed by atoms with van der Waals surface area (Å²) in [6, 6.07) is 7.13. The third-order valence-corrected chi connectivity index (χ3v) is 3.52. The van der Waals surface area contributed by atoms with E-state index in [9.17, 15) is 0 Å². The summed E-state index contributed by atoms with van der Waals surface area (Å²) in [6.07, 6.45) is 2.43. The molecule has 1 heterocycles. The molecule has 2 rings (SSSR count). The number of rotatable bonds is 2. The molecule has 1 aliphatic rings. The van der Waals surface area contributed by atoms with Gasteiger partial charge in [0.2, 0.25) is 0 Å². The van der Waals surface area contributed by atoms with Gasteiger partial charge >= 0.3 is 0 Å². The van der Waals surface area contributed by atoms with Crippen LogP contribution in [-0.4, -0.2) is 24.0 Å². The Hall–Kier alpha value is -0.570. The van der Waals surface area contributed by atoms with Gasteiger partial charge in [-0.2, -0.15) is 0 Å². The highest BCUT2D eigenvalue weighted by Crippen LogP contribution is 2.15. The van der Waals surface area contributed by atoms with Gasteiger partial charge in [0.1, 0.15) is 0 Å². The molecular formula is C14H23ClN2. The summed E-state index contributed by atoms with van der Waals surface area (Å²) in [5.41, 5.74) is 10.2. The Morgan fingerprint density at radius 2 is 2.06 bits per heavy atom. The Kier molecular flexibility index (Phi) is 5.44. The van der Waals surface area contributed by atoms with E-state index >= 15 is 0 Å². The first-order valence-corrected chi connectivity index (χ1v) is 6.19. The Labute approximate surface area is 111 Å². The van der Waals surface area contributed by atoms with E-state index in [2.05, 4.69) is 36.9 Å². The summed E-state index contributed by atoms with van der Waals surface area (Å²) in [4.78, 5) is 2.47. The number of hydrogen-bond acceptors (Lipinski definition) is 2. The number of halogens is 1. The van der Waals surface area contributed by atoms with Crippen molar-refractivity contribution < 1.29 is 0 Å². The second-order valence-electron chi connectivity index (χ2n) is 5.06. The average Bonchev–Trinajstić information content (AvgIpc) is 2.24. The van der Waals surface area contributed by atoms with E-state index in [1.54, 1.807) is 0 Å². The van der Waals surface area contributed by atoms with Gasteiger partial charge in [-0.3, -0.25) is 4.90 Å². The van der Waals surface area contributed by atoms with Gasteiger partial charge in [-0.25, -0.2) is 0 Å². The maximum Gasteiger partial charge on any atom is 0.0234 e. The van der Waals surface area contributed by atoms with Gasteiger partial charge in [-0.15, -0.1) is 12.4 Å². The van der Waals surface area contributed by atoms with Gasteiger partial charge in [-0.05, 0) is 49.9 Å². The van der Waals surface area contributed by atoms with Crippen molar-refractivity contribution in [2.24, 2.45) is 5.73 Å². The molecule has 1 aliphatic heterocycles. The molecule has 96 valence electrons. The van der Waals surface area contributed by atoms with Crippen molar-refractivity contribution in [3.05, 3.63) is 34.9 Å². The van der Waals surface area contributed by atoms with Crippen molar-refractivity contribution in [2.45, 2.75) is 39.3 Å². The second kappa shape index (κ2) is 6.39. The van der Waals surface area contributed by atoms with Crippen LogP contribution < -0.4 is 5.73 Å². The fraction of sp³-hybridized carbons (Fsp3) is 0.571. The number of likely N-dealkylation sites (tertiary alicyclic amines) is 1. The highest BCUT2D eigenvalue weighted by atomic mass is 35.5. The lowest BCUT2D eigenvalue weighted by Gasteiger charge is -2.30. The van der Waals surface area contributed by atoms with Crippen LogP contribution in [0.5, 0.6) is 0 Å². The molecule has 1 saturated heterocycles. The maximum absolute atomic E-state index is 5.99. The summed E-state index contributed by atoms with van der Waals surface area (Å²) in [6.45, 7) is 7.64. The highest BCUT2D eigenvalue weighted by molar-refractivity contribution is 5.85. The van der Waals surface area contributed by atoms with Crippen molar-refractivity contribution in [2.75, 3.05) is 13.1 Å². The van der Waals surface area contributed by atoms with Crippen LogP contribution in [-0.2, 0) is 6.54 Å². The second-order valence-corrected chi connectivity index (χ2v) is 5.06. The zero-order valence-corrected chi connectivity index (χ0v) is 11.6. The van der Waals surface area contributed by atoms with Crippen LogP contribution in [0.15, 0.2) is 18.2 Å². The first kappa shape index (κ1) is 14.5. The molecule has 0 radical (unpaired) electrons. The molecular weight excluding hydrogens is 232 g/mol. The number of nitrogens with zero attached hydrogens (tertiary/aromatic N) is 1. The normalized spacial score (nSPS) is 21.0. The third kappa shape index (κ3) is 3.98. The number of hydrogen-bond donors (Lipinski definition) is 1. The van der Waals surface area contributed by atoms with Crippen molar-refractivity contribution >= 4 is 12.4 Å². The van der Waals surface area contributed by atoms with Crippen molar-refractivity contribution in [1.29, 1.82) is 0 Å². The minimum Gasteiger partial charge on any atom is -0.327 e. The van der Waals surface area contributed by atoms with Gasteiger partial charge in [0.05, 0.1) is 0 Å². The standard InChI is InChI=1S/C14H22N2.ClH/c1-11-5-6-13(8-12(11)2)9-16-7-3-4-14(15)10-16;/h5-6,8,14H,3-4,7,9-10,15H2,1-2H3;1H/t14-;/m1./s1. The molecule has 1 aromatic carbocycles. The van der Waals surface area contributed by atoms with Gasteiger partial charge in [-0.1, -0.05) is 18.2 Å². The van der Waals surface area contributed by atoms with Crippen LogP contribution >= 0.6 is 12.4 Å². The average molecular weight is 255 g/mol. The summed E-state index contributed by atoms with van der Waals surface area (Å²) >= 11 is 0. The van der Waals surface area contributed by atoms with Gasteiger partial charge in [0.25, 0.3) is 0 Å². The summed E-state index contributed by atoms with van der Waals surface area (Å²) < 4.78 is 0. The fourth-order valence-corrected chi connectivity index (χ4v) is 2.39. The molecule has 1 atom stereocenters. The molecule has 0 amide bonds. The fourth-order valence-electron chi connectivity index (χ4n) is 2.39. The molecule has 0 saturated carbocycles. The molecule has 0 spiro atoms. The maximum atomic E-state index is 5.99. The molecule has 0 unspecified atom stereocenters. The lowest BCUT2D eigenvalue weighted by atomic mass is 10.0. The van der Waals surface area contributed by atoms with Crippen LogP contribution in [0.3, 0.4) is 0 Å². The lowest BCUT2D eigenvalue weighted by Crippen LogP contribution is -2.42. The smallest absolute Gasteiger partial charge is 0.0234 e. The SMILES string of the molecule is Cc1ccc(CN2CCC[C@@H](N)C2)cc1C.Cl. The van der Waals surface area contributed by atoms with Gasteiger partial charge in [0.15, 0.2) is 0 Å². The Morgan fingerprint density at radius 3 is 2.71 bits per heavy atom. The van der Waals surface area contributed by atoms with E-state index in [1.807, 2.05) is 0 Å². The van der Waals surface area contributed by atoms with E-state index in [0.29, 0.717) is 6.04 Å². The number of nitrogens with two attached hydrogens (primary N) is 1. The summed E-state index contributed by atoms with van der Waals surface area (Å²) in [5, 5.41) is 0. The first-order chi connectivity index (χ1) is 7.65. The predicted molar refractivity (Wildman–Crippen MR) is 75.7 cm³/mol. The van der Waals surface area contributed by atoms with E-state index in [0.717, 1.165) is 13.1 Å². The number of aryl methyl sites for hydroxylation is 2. The van der Waals surface area contributed by atoms with Crippen LogP contribution in [0.25, 0.3) is 0 Å². The Morgan fingerprint density at radius 1 is 1.29 bits per heavy atom. The Balaban J connectivity index is 0.00000144. The highest BCUT2D eigenvalue weighted by Gasteiger charge is 2.16. The van der Waals surface area contributed by atoms with Crippen molar-refractivity contribution in [3.63, 3.8) is 0 Å². The molecule has 17 heavy (non-hydrogen) atoms. The first-order valence-electron chi connectivity index (χ1n) is 6.19. The van der Waals surface area contributed by atoms with E-state index in [1.165, 1.54) is 36.1 Å². The van der Waals surface area contributed by atoms with E-state index in [-0.39, 0.29) is 12.4 Å². The monoisotopic (exact) mass is 254 g/mol. The topological polar surface area (TPSA) is 29.3 Å². The largest absolute Gasteiger partial charge is 0.327 e. The van der Waals surface area contributed by atoms with E-state index < -0.39 is 0 Å². The van der Waals surface area contributed by atoms with E-state index in [4.69, 9.17) is 5.73 Å². The quantitative estimate of drug-likeness (QED) is 0.879. The molecule has 0 bridgehead atoms. The van der Waals surface area contributed by atoms with Crippen LogP contribution in [0.1, 0.15) is 29.5 Å². The third-order valence-electron chi connectivity index (χ3n) is 3.52. The Bertz CT molecular complexity index is 365. The number of benzene rings is 1. The molecule has 2 N–H and O–H groups in total. The molecule has 3 heteroatoms. The summed E-state index contributed by atoms with van der Waals surface area (Å²) in [5.74, 6) is 0.